The molecule has 35 heavy (non-hydrogen) atoms. The molecule has 1 fully saturated rings. The number of rotatable bonds is 7. The summed E-state index contributed by atoms with van der Waals surface area (Å²) in [5, 5.41) is 11.1. The van der Waals surface area contributed by atoms with Gasteiger partial charge in [0.1, 0.15) is 5.75 Å². The molecule has 7 nitrogen and oxygen atoms in total. The van der Waals surface area contributed by atoms with Gasteiger partial charge in [0.15, 0.2) is 5.69 Å². The first-order chi connectivity index (χ1) is 17.0. The number of hydrogen-bond donors (Lipinski definition) is 1. The van der Waals surface area contributed by atoms with E-state index in [2.05, 4.69) is 54.2 Å². The Kier molecular flexibility index (Phi) is 7.07. The molecule has 1 amide bonds. The average molecular weight is 477 g/mol. The molecule has 186 valence electrons. The molecule has 0 unspecified atom stereocenters. The highest BCUT2D eigenvalue weighted by Crippen LogP contribution is 2.30. The van der Waals surface area contributed by atoms with E-state index >= 15 is 0 Å². The molecule has 0 saturated carbocycles. The molecule has 1 N–H and O–H groups in total. The van der Waals surface area contributed by atoms with Gasteiger partial charge >= 0.3 is 0 Å². The second kappa shape index (κ2) is 10.4. The van der Waals surface area contributed by atoms with E-state index in [0.29, 0.717) is 37.9 Å². The van der Waals surface area contributed by atoms with Crippen LogP contribution in [0.5, 0.6) is 5.75 Å². The van der Waals surface area contributed by atoms with Crippen molar-refractivity contribution >= 4 is 16.7 Å². The molecule has 5 rings (SSSR count). The Labute approximate surface area is 207 Å². The van der Waals surface area contributed by atoms with Crippen LogP contribution in [0.3, 0.4) is 0 Å². The number of aromatic nitrogens is 2. The van der Waals surface area contributed by atoms with E-state index in [1.54, 1.807) is 7.11 Å². The molecule has 0 spiro atoms. The van der Waals surface area contributed by atoms with Gasteiger partial charge in [-0.25, -0.2) is 0 Å². The van der Waals surface area contributed by atoms with Crippen LogP contribution >= 0.6 is 0 Å². The largest absolute Gasteiger partial charge is 0.496 e. The second-order valence-electron chi connectivity index (χ2n) is 10.0. The summed E-state index contributed by atoms with van der Waals surface area (Å²) in [4.78, 5) is 15.3. The van der Waals surface area contributed by atoms with Crippen LogP contribution in [0.1, 0.15) is 47.6 Å². The number of benzene rings is 2. The highest BCUT2D eigenvalue weighted by Gasteiger charge is 2.32. The third kappa shape index (κ3) is 4.93. The van der Waals surface area contributed by atoms with Crippen LogP contribution in [-0.2, 0) is 30.7 Å². The fraction of sp³-hybridized carbons (Fsp3) is 0.500. The Morgan fingerprint density at radius 2 is 2.00 bits per heavy atom. The molecule has 1 saturated heterocycles. The van der Waals surface area contributed by atoms with Crippen LogP contribution < -0.4 is 10.1 Å². The SMILES string of the molecule is COc1ccc2ccccc2c1CN[C@H]1CCc2c(c(C(=O)N3CCOCC3)nn2CC(C)C)C1. The maximum Gasteiger partial charge on any atom is 0.274 e. The van der Waals surface area contributed by atoms with Crippen LogP contribution in [0.4, 0.5) is 0 Å². The highest BCUT2D eigenvalue weighted by atomic mass is 16.5. The molecule has 2 heterocycles. The van der Waals surface area contributed by atoms with Crippen LogP contribution in [0.2, 0.25) is 0 Å². The van der Waals surface area contributed by atoms with Gasteiger partial charge in [0.2, 0.25) is 0 Å². The molecular weight excluding hydrogens is 440 g/mol. The zero-order valence-electron chi connectivity index (χ0n) is 21.0. The molecule has 2 aromatic carbocycles. The molecule has 1 aliphatic heterocycles. The Morgan fingerprint density at radius 1 is 1.20 bits per heavy atom. The van der Waals surface area contributed by atoms with Crippen LogP contribution in [0, 0.1) is 5.92 Å². The predicted molar refractivity (Wildman–Crippen MR) is 137 cm³/mol. The number of nitrogens with zero attached hydrogens (tertiary/aromatic N) is 3. The van der Waals surface area contributed by atoms with Crippen molar-refractivity contribution in [3.8, 4) is 5.75 Å². The number of methoxy groups -OCH3 is 1. The predicted octanol–water partition coefficient (Wildman–Crippen LogP) is 3.82. The summed E-state index contributed by atoms with van der Waals surface area (Å²) in [5.74, 6) is 1.42. The summed E-state index contributed by atoms with van der Waals surface area (Å²) in [6, 6.07) is 12.9. The first-order valence-corrected chi connectivity index (χ1v) is 12.8. The van der Waals surface area contributed by atoms with Crippen LogP contribution in [0.15, 0.2) is 36.4 Å². The number of nitrogens with one attached hydrogen (secondary N) is 1. The fourth-order valence-corrected chi connectivity index (χ4v) is 5.38. The number of morpholine rings is 1. The zero-order chi connectivity index (χ0) is 24.4. The van der Waals surface area contributed by atoms with Gasteiger partial charge in [-0.15, -0.1) is 0 Å². The van der Waals surface area contributed by atoms with Gasteiger partial charge in [0.25, 0.3) is 5.91 Å². The lowest BCUT2D eigenvalue weighted by Crippen LogP contribution is -2.41. The van der Waals surface area contributed by atoms with Crippen molar-refractivity contribution in [1.82, 2.24) is 20.0 Å². The third-order valence-corrected chi connectivity index (χ3v) is 7.17. The van der Waals surface area contributed by atoms with Crippen molar-refractivity contribution in [3.63, 3.8) is 0 Å². The van der Waals surface area contributed by atoms with E-state index in [0.717, 1.165) is 43.7 Å². The zero-order valence-corrected chi connectivity index (χ0v) is 21.0. The van der Waals surface area contributed by atoms with E-state index in [4.69, 9.17) is 14.6 Å². The molecule has 1 aromatic heterocycles. The van der Waals surface area contributed by atoms with Crippen molar-refractivity contribution in [2.45, 2.75) is 52.2 Å². The first kappa shape index (κ1) is 23.8. The van der Waals surface area contributed by atoms with Crippen molar-refractivity contribution in [3.05, 3.63) is 58.9 Å². The van der Waals surface area contributed by atoms with Gasteiger partial charge in [-0.05, 0) is 42.0 Å². The number of hydrogen-bond acceptors (Lipinski definition) is 5. The van der Waals surface area contributed by atoms with Gasteiger partial charge < -0.3 is 19.7 Å². The van der Waals surface area contributed by atoms with Gasteiger partial charge in [-0.3, -0.25) is 9.48 Å². The lowest BCUT2D eigenvalue weighted by Gasteiger charge is -2.28. The van der Waals surface area contributed by atoms with E-state index < -0.39 is 0 Å². The standard InChI is InChI=1S/C28H36N4O3/c1-19(2)18-32-25-10-9-21(16-23(25)27(30-32)28(33)31-12-14-35-15-13-31)29-17-24-22-7-5-4-6-20(22)8-11-26(24)34-3/h4-8,11,19,21,29H,9-10,12-18H2,1-3H3/t21-/m0/s1. The summed E-state index contributed by atoms with van der Waals surface area (Å²) < 4.78 is 13.2. The van der Waals surface area contributed by atoms with Gasteiger partial charge in [-0.2, -0.15) is 5.10 Å². The average Bonchev–Trinajstić information content (AvgIpc) is 3.24. The number of carbonyl (C=O) groups excluding carboxylic acids is 1. The topological polar surface area (TPSA) is 68.6 Å². The third-order valence-electron chi connectivity index (χ3n) is 7.17. The first-order valence-electron chi connectivity index (χ1n) is 12.8. The Hall–Kier alpha value is -2.90. The Balaban J connectivity index is 1.39. The minimum absolute atomic E-state index is 0.0448. The monoisotopic (exact) mass is 476 g/mol. The highest BCUT2D eigenvalue weighted by molar-refractivity contribution is 5.94. The lowest BCUT2D eigenvalue weighted by molar-refractivity contribution is 0.0297. The smallest absolute Gasteiger partial charge is 0.274 e. The second-order valence-corrected chi connectivity index (χ2v) is 10.0. The summed E-state index contributed by atoms with van der Waals surface area (Å²) >= 11 is 0. The maximum atomic E-state index is 13.4. The molecule has 3 aromatic rings. The fourth-order valence-electron chi connectivity index (χ4n) is 5.38. The van der Waals surface area contributed by atoms with Crippen molar-refractivity contribution in [1.29, 1.82) is 0 Å². The number of ether oxygens (including phenoxy) is 2. The van der Waals surface area contributed by atoms with E-state index in [1.165, 1.54) is 22.0 Å². The number of fused-ring (bicyclic) bond motifs is 2. The quantitative estimate of drug-likeness (QED) is 0.562. The molecule has 1 aliphatic carbocycles. The van der Waals surface area contributed by atoms with Crippen molar-refractivity contribution in [2.75, 3.05) is 33.4 Å². The summed E-state index contributed by atoms with van der Waals surface area (Å²) in [7, 11) is 1.73. The van der Waals surface area contributed by atoms with Gasteiger partial charge in [-0.1, -0.05) is 44.2 Å². The minimum Gasteiger partial charge on any atom is -0.496 e. The summed E-state index contributed by atoms with van der Waals surface area (Å²) in [5.41, 5.74) is 4.17. The van der Waals surface area contributed by atoms with Crippen molar-refractivity contribution < 1.29 is 14.3 Å². The van der Waals surface area contributed by atoms with Crippen LogP contribution in [0.25, 0.3) is 10.8 Å². The summed E-state index contributed by atoms with van der Waals surface area (Å²) in [6.07, 6.45) is 2.76. The van der Waals surface area contributed by atoms with E-state index in [9.17, 15) is 4.79 Å². The van der Waals surface area contributed by atoms with E-state index in [-0.39, 0.29) is 11.9 Å². The van der Waals surface area contributed by atoms with Crippen LogP contribution in [-0.4, -0.2) is 60.0 Å². The maximum absolute atomic E-state index is 13.4. The number of amides is 1. The molecule has 1 atom stereocenters. The van der Waals surface area contributed by atoms with Gasteiger partial charge in [0, 0.05) is 49.0 Å². The minimum atomic E-state index is 0.0448. The molecule has 2 aliphatic rings. The molecular formula is C28H36N4O3. The lowest BCUT2D eigenvalue weighted by atomic mass is 9.90. The van der Waals surface area contributed by atoms with Crippen molar-refractivity contribution in [2.24, 2.45) is 5.92 Å². The van der Waals surface area contributed by atoms with E-state index in [1.807, 2.05) is 11.0 Å². The normalized spacial score (nSPS) is 18.2. The molecule has 0 bridgehead atoms. The summed E-state index contributed by atoms with van der Waals surface area (Å²) in [6.45, 7) is 8.40. The molecule has 7 heteroatoms. The Bertz CT molecular complexity index is 1200. The number of carbonyl (C=O) groups is 1. The molecule has 0 radical (unpaired) electrons. The van der Waals surface area contributed by atoms with Gasteiger partial charge in [0.05, 0.1) is 20.3 Å². The Morgan fingerprint density at radius 3 is 2.77 bits per heavy atom.